The zero-order valence-corrected chi connectivity index (χ0v) is 11.0. The molecule has 0 saturated carbocycles. The normalized spacial score (nSPS) is 10.6. The maximum absolute atomic E-state index is 12.0. The molecule has 0 atom stereocenters. The Morgan fingerprint density at radius 1 is 1.61 bits per heavy atom. The third-order valence-electron chi connectivity index (χ3n) is 2.48. The van der Waals surface area contributed by atoms with Gasteiger partial charge in [-0.15, -0.1) is 11.3 Å². The van der Waals surface area contributed by atoms with Gasteiger partial charge in [-0.2, -0.15) is 5.10 Å². The quantitative estimate of drug-likeness (QED) is 0.850. The first-order chi connectivity index (χ1) is 8.63. The van der Waals surface area contributed by atoms with E-state index in [-0.39, 0.29) is 6.61 Å². The lowest BCUT2D eigenvalue weighted by molar-refractivity contribution is 0.0459. The molecule has 96 valence electrons. The van der Waals surface area contributed by atoms with Gasteiger partial charge in [-0.05, 0) is 13.8 Å². The molecule has 2 aromatic heterocycles. The Morgan fingerprint density at radius 2 is 2.39 bits per heavy atom. The minimum absolute atomic E-state index is 0.157. The summed E-state index contributed by atoms with van der Waals surface area (Å²) in [6, 6.07) is 0. The first-order valence-corrected chi connectivity index (χ1v) is 6.39. The van der Waals surface area contributed by atoms with E-state index in [4.69, 9.17) is 10.5 Å². The van der Waals surface area contributed by atoms with E-state index in [0.29, 0.717) is 23.6 Å². The van der Waals surface area contributed by atoms with E-state index in [1.54, 1.807) is 17.8 Å². The van der Waals surface area contributed by atoms with Crippen molar-refractivity contribution in [1.29, 1.82) is 0 Å². The summed E-state index contributed by atoms with van der Waals surface area (Å²) in [4.78, 5) is 16.0. The van der Waals surface area contributed by atoms with Crippen LogP contribution in [0.5, 0.6) is 0 Å². The van der Waals surface area contributed by atoms with Crippen LogP contribution in [0.2, 0.25) is 0 Å². The van der Waals surface area contributed by atoms with E-state index >= 15 is 0 Å². The predicted octanol–water partition coefficient (Wildman–Crippen LogP) is 1.61. The fraction of sp³-hybridized carbons (Fsp3) is 0.364. The molecule has 0 aromatic carbocycles. The number of carbonyl (C=O) groups is 1. The lowest BCUT2D eigenvalue weighted by Gasteiger charge is -2.05. The maximum atomic E-state index is 12.0. The number of ether oxygens (including phenoxy) is 1. The Labute approximate surface area is 108 Å². The highest BCUT2D eigenvalue weighted by molar-refractivity contribution is 7.09. The van der Waals surface area contributed by atoms with Gasteiger partial charge in [0.1, 0.15) is 11.6 Å². The first kappa shape index (κ1) is 12.6. The summed E-state index contributed by atoms with van der Waals surface area (Å²) >= 11 is 1.44. The third kappa shape index (κ3) is 2.35. The van der Waals surface area contributed by atoms with Crippen LogP contribution >= 0.6 is 11.3 Å². The van der Waals surface area contributed by atoms with Gasteiger partial charge in [0.15, 0.2) is 5.69 Å². The zero-order chi connectivity index (χ0) is 13.1. The van der Waals surface area contributed by atoms with Gasteiger partial charge in [0.2, 0.25) is 0 Å². The van der Waals surface area contributed by atoms with Crippen molar-refractivity contribution in [3.05, 3.63) is 28.0 Å². The molecule has 0 aliphatic carbocycles. The van der Waals surface area contributed by atoms with Gasteiger partial charge in [-0.3, -0.25) is 4.68 Å². The van der Waals surface area contributed by atoms with Crippen molar-refractivity contribution in [1.82, 2.24) is 14.8 Å². The molecular weight excluding hydrogens is 252 g/mol. The zero-order valence-electron chi connectivity index (χ0n) is 10.2. The molecule has 0 unspecified atom stereocenters. The van der Waals surface area contributed by atoms with Crippen LogP contribution < -0.4 is 5.73 Å². The van der Waals surface area contributed by atoms with Gasteiger partial charge in [0.05, 0.1) is 11.4 Å². The lowest BCUT2D eigenvalue weighted by atomic mass is 10.3. The number of nitrogens with zero attached hydrogens (tertiary/aromatic N) is 3. The highest BCUT2D eigenvalue weighted by Gasteiger charge is 2.20. The molecule has 0 bridgehead atoms. The molecule has 0 aliphatic rings. The van der Waals surface area contributed by atoms with Crippen molar-refractivity contribution in [3.63, 3.8) is 0 Å². The van der Waals surface area contributed by atoms with Crippen molar-refractivity contribution in [2.24, 2.45) is 0 Å². The molecule has 0 radical (unpaired) electrons. The second-order valence-electron chi connectivity index (χ2n) is 3.67. The van der Waals surface area contributed by atoms with Crippen molar-refractivity contribution in [3.8, 4) is 0 Å². The molecule has 0 spiro atoms. The molecule has 2 rings (SSSR count). The fourth-order valence-electron chi connectivity index (χ4n) is 1.56. The number of rotatable bonds is 4. The first-order valence-electron chi connectivity index (χ1n) is 5.51. The van der Waals surface area contributed by atoms with Crippen LogP contribution in [0.3, 0.4) is 0 Å². The SMILES string of the molecule is CCn1nc(C)c(N)c1C(=O)OCc1nccs1. The lowest BCUT2D eigenvalue weighted by Crippen LogP contribution is -2.14. The molecule has 2 aromatic rings. The van der Waals surface area contributed by atoms with Crippen LogP contribution in [0.1, 0.15) is 28.1 Å². The largest absolute Gasteiger partial charge is 0.454 e. The summed E-state index contributed by atoms with van der Waals surface area (Å²) in [5.41, 5.74) is 7.16. The molecule has 18 heavy (non-hydrogen) atoms. The van der Waals surface area contributed by atoms with E-state index in [2.05, 4.69) is 10.1 Å². The smallest absolute Gasteiger partial charge is 0.359 e. The Kier molecular flexibility index (Phi) is 3.61. The van der Waals surface area contributed by atoms with E-state index in [0.717, 1.165) is 5.01 Å². The summed E-state index contributed by atoms with van der Waals surface area (Å²) in [6.07, 6.45) is 1.67. The fourth-order valence-corrected chi connectivity index (χ4v) is 2.09. The summed E-state index contributed by atoms with van der Waals surface area (Å²) in [6.45, 7) is 4.38. The van der Waals surface area contributed by atoms with Crippen molar-refractivity contribution < 1.29 is 9.53 Å². The molecular formula is C11H14N4O2S. The second-order valence-corrected chi connectivity index (χ2v) is 4.64. The monoisotopic (exact) mass is 266 g/mol. The average molecular weight is 266 g/mol. The number of hydrogen-bond donors (Lipinski definition) is 1. The highest BCUT2D eigenvalue weighted by Crippen LogP contribution is 2.18. The standard InChI is InChI=1S/C11H14N4O2S/c1-3-15-10(9(12)7(2)14-15)11(16)17-6-8-13-4-5-18-8/h4-5H,3,6,12H2,1-2H3. The van der Waals surface area contributed by atoms with Crippen molar-refractivity contribution in [2.75, 3.05) is 5.73 Å². The summed E-state index contributed by atoms with van der Waals surface area (Å²) in [7, 11) is 0. The minimum Gasteiger partial charge on any atom is -0.454 e. The van der Waals surface area contributed by atoms with E-state index in [9.17, 15) is 4.79 Å². The molecule has 0 aliphatic heterocycles. The number of nitrogens with two attached hydrogens (primary N) is 1. The summed E-state index contributed by atoms with van der Waals surface area (Å²) in [5.74, 6) is -0.467. The predicted molar refractivity (Wildman–Crippen MR) is 68.3 cm³/mol. The second kappa shape index (κ2) is 5.18. The Hall–Kier alpha value is -1.89. The molecule has 2 N–H and O–H groups in total. The number of esters is 1. The summed E-state index contributed by atoms with van der Waals surface area (Å²) in [5, 5.41) is 6.75. The van der Waals surface area contributed by atoms with Gasteiger partial charge in [-0.25, -0.2) is 9.78 Å². The van der Waals surface area contributed by atoms with Gasteiger partial charge in [0, 0.05) is 18.1 Å². The highest BCUT2D eigenvalue weighted by atomic mass is 32.1. The van der Waals surface area contributed by atoms with Crippen LogP contribution in [0.4, 0.5) is 5.69 Å². The number of thiazole rings is 1. The van der Waals surface area contributed by atoms with Crippen LogP contribution in [0, 0.1) is 6.92 Å². The van der Waals surface area contributed by atoms with E-state index in [1.165, 1.54) is 11.3 Å². The minimum atomic E-state index is -0.467. The number of aromatic nitrogens is 3. The number of anilines is 1. The Bertz CT molecular complexity index is 548. The number of carbonyl (C=O) groups excluding carboxylic acids is 1. The van der Waals surface area contributed by atoms with Gasteiger partial charge >= 0.3 is 5.97 Å². The van der Waals surface area contributed by atoms with Crippen LogP contribution in [-0.2, 0) is 17.9 Å². The number of aryl methyl sites for hydroxylation is 2. The molecule has 0 amide bonds. The molecule has 2 heterocycles. The average Bonchev–Trinajstić information content (AvgIpc) is 2.96. The van der Waals surface area contributed by atoms with E-state index in [1.807, 2.05) is 12.3 Å². The number of nitrogen functional groups attached to an aromatic ring is 1. The molecule has 6 nitrogen and oxygen atoms in total. The molecule has 0 saturated heterocycles. The topological polar surface area (TPSA) is 83.0 Å². The Morgan fingerprint density at radius 3 is 3.00 bits per heavy atom. The van der Waals surface area contributed by atoms with Crippen LogP contribution in [0.15, 0.2) is 11.6 Å². The molecule has 0 fully saturated rings. The maximum Gasteiger partial charge on any atom is 0.359 e. The summed E-state index contributed by atoms with van der Waals surface area (Å²) < 4.78 is 6.73. The van der Waals surface area contributed by atoms with Crippen LogP contribution in [0.25, 0.3) is 0 Å². The van der Waals surface area contributed by atoms with Crippen LogP contribution in [-0.4, -0.2) is 20.7 Å². The Balaban J connectivity index is 2.13. The number of hydrogen-bond acceptors (Lipinski definition) is 6. The van der Waals surface area contributed by atoms with Gasteiger partial charge in [0.25, 0.3) is 0 Å². The van der Waals surface area contributed by atoms with Gasteiger partial charge < -0.3 is 10.5 Å². The van der Waals surface area contributed by atoms with Gasteiger partial charge in [-0.1, -0.05) is 0 Å². The van der Waals surface area contributed by atoms with Crippen molar-refractivity contribution >= 4 is 23.0 Å². The molecule has 7 heteroatoms. The van der Waals surface area contributed by atoms with E-state index < -0.39 is 5.97 Å². The third-order valence-corrected chi connectivity index (χ3v) is 3.23. The van der Waals surface area contributed by atoms with Crippen molar-refractivity contribution in [2.45, 2.75) is 27.0 Å².